The maximum absolute atomic E-state index is 15.7. The Balaban J connectivity index is 1.55. The fraction of sp³-hybridized carbons (Fsp3) is 0.513. The predicted molar refractivity (Wildman–Crippen MR) is 218 cm³/mol. The van der Waals surface area contributed by atoms with Gasteiger partial charge in [-0.05, 0) is 95.0 Å². The summed E-state index contributed by atoms with van der Waals surface area (Å²) in [6.45, 7) is 10.8. The lowest BCUT2D eigenvalue weighted by Crippen LogP contribution is -2.63. The largest absolute Gasteiger partial charge is 0.491 e. The highest BCUT2D eigenvalue weighted by atomic mass is 35.5. The molecule has 300 valence electrons. The van der Waals surface area contributed by atoms with Gasteiger partial charge in [0, 0.05) is 67.2 Å². The van der Waals surface area contributed by atoms with E-state index in [1.165, 1.54) is 22.7 Å². The Hall–Kier alpha value is -2.46. The summed E-state index contributed by atoms with van der Waals surface area (Å²) in [6.07, 6.45) is 2.85. The van der Waals surface area contributed by atoms with Crippen LogP contribution in [-0.2, 0) is 41.4 Å². The van der Waals surface area contributed by atoms with E-state index in [9.17, 15) is 16.8 Å². The third kappa shape index (κ3) is 8.42. The second-order valence-electron chi connectivity index (χ2n) is 15.4. The van der Waals surface area contributed by atoms with Crippen LogP contribution in [0.4, 0.5) is 0 Å². The van der Waals surface area contributed by atoms with Gasteiger partial charge in [0.05, 0.1) is 28.0 Å². The molecule has 0 bridgehead atoms. The molecule has 0 spiro atoms. The zero-order valence-electron chi connectivity index (χ0n) is 31.9. The number of sulfonamides is 1. The fourth-order valence-electron chi connectivity index (χ4n) is 8.08. The van der Waals surface area contributed by atoms with Crippen molar-refractivity contribution < 1.29 is 26.4 Å². The summed E-state index contributed by atoms with van der Waals surface area (Å²) in [5.41, 5.74) is -1.95. The first kappa shape index (κ1) is 42.2. The van der Waals surface area contributed by atoms with Crippen molar-refractivity contribution in [1.82, 2.24) is 24.7 Å². The second kappa shape index (κ2) is 16.1. The molecule has 11 nitrogen and oxygen atoms in total. The second-order valence-corrected chi connectivity index (χ2v) is 20.9. The van der Waals surface area contributed by atoms with E-state index in [1.807, 2.05) is 52.0 Å². The number of hydrogen-bond donors (Lipinski definition) is 2. The van der Waals surface area contributed by atoms with Crippen molar-refractivity contribution in [2.24, 2.45) is 0 Å². The lowest BCUT2D eigenvalue weighted by Gasteiger charge is -2.41. The molecule has 3 atom stereocenters. The molecule has 2 N–H and O–H groups in total. The molecule has 1 amide bonds. The number of carbonyl (C=O) groups excluding carboxylic acids is 1. The number of nitrogens with one attached hydrogen (secondary N) is 2. The predicted octanol–water partition coefficient (Wildman–Crippen LogP) is 5.97. The zero-order chi connectivity index (χ0) is 40.0. The molecule has 16 heteroatoms. The van der Waals surface area contributed by atoms with Gasteiger partial charge in [-0.25, -0.2) is 16.8 Å². The van der Waals surface area contributed by atoms with Gasteiger partial charge >= 0.3 is 0 Å². The Kier molecular flexibility index (Phi) is 12.3. The van der Waals surface area contributed by atoms with E-state index in [0.717, 1.165) is 24.0 Å². The van der Waals surface area contributed by atoms with Crippen LogP contribution in [0.3, 0.4) is 0 Å². The first-order valence-electron chi connectivity index (χ1n) is 18.6. The van der Waals surface area contributed by atoms with Gasteiger partial charge in [-0.3, -0.25) is 20.3 Å². The summed E-state index contributed by atoms with van der Waals surface area (Å²) in [5.74, 6) is 0.0154. The van der Waals surface area contributed by atoms with Gasteiger partial charge in [0.2, 0.25) is 10.0 Å². The Labute approximate surface area is 340 Å². The number of ether oxygens (including phenoxy) is 1. The molecule has 3 saturated heterocycles. The topological polar surface area (TPSA) is 128 Å². The van der Waals surface area contributed by atoms with Gasteiger partial charge in [0.1, 0.15) is 20.5 Å². The van der Waals surface area contributed by atoms with Crippen molar-refractivity contribution in [2.75, 3.05) is 57.8 Å². The van der Waals surface area contributed by atoms with Crippen LogP contribution in [0, 0.1) is 0 Å². The number of hydrogen-bond acceptors (Lipinski definition) is 9. The summed E-state index contributed by atoms with van der Waals surface area (Å²) in [5, 5.41) is 8.66. The highest BCUT2D eigenvalue weighted by molar-refractivity contribution is 7.90. The summed E-state index contributed by atoms with van der Waals surface area (Å²) in [4.78, 5) is 19.5. The molecule has 55 heavy (non-hydrogen) atoms. The van der Waals surface area contributed by atoms with Crippen LogP contribution in [-0.4, -0.2) is 101 Å². The number of amides is 1. The number of halogens is 3. The zero-order valence-corrected chi connectivity index (χ0v) is 35.8. The number of rotatable bonds is 12. The molecule has 0 aromatic heterocycles. The molecule has 3 aromatic carbocycles. The molecule has 3 heterocycles. The lowest BCUT2D eigenvalue weighted by atomic mass is 9.72. The average Bonchev–Trinajstić information content (AvgIpc) is 3.75. The van der Waals surface area contributed by atoms with Crippen molar-refractivity contribution in [3.63, 3.8) is 0 Å². The fourth-order valence-corrected chi connectivity index (χ4v) is 11.0. The highest BCUT2D eigenvalue weighted by Crippen LogP contribution is 2.52. The van der Waals surface area contributed by atoms with Crippen molar-refractivity contribution in [1.29, 1.82) is 0 Å². The Morgan fingerprint density at radius 1 is 0.800 bits per heavy atom. The van der Waals surface area contributed by atoms with Crippen LogP contribution in [0.25, 0.3) is 0 Å². The van der Waals surface area contributed by atoms with E-state index in [0.29, 0.717) is 62.3 Å². The minimum absolute atomic E-state index is 0.00414. The molecular formula is C39H50Cl3N5O6S2. The van der Waals surface area contributed by atoms with Gasteiger partial charge in [-0.15, -0.1) is 0 Å². The monoisotopic (exact) mass is 853 g/mol. The van der Waals surface area contributed by atoms with Crippen molar-refractivity contribution in [3.8, 4) is 5.75 Å². The highest BCUT2D eigenvalue weighted by Gasteiger charge is 2.65. The number of nitrogens with zero attached hydrogens (tertiary/aromatic N) is 3. The Morgan fingerprint density at radius 3 is 1.78 bits per heavy atom. The standard InChI is InChI=1S/C39H50Cl3N5O6S2/c1-27(2)53-34-26-33(42)35(55(51,52)47-18-6-7-19-47)25-32(34)39(36(48)46-22-20-45(21-23-46)17-8-24-54(5,49)50)43-37(3,28-9-13-30(40)14-10-28)38(4,44-39)29-11-15-31(41)16-12-29/h9-16,25-27,43-44H,6-8,17-24H2,1-5H3/t37-,38+,39?. The number of carbonyl (C=O) groups is 1. The third-order valence-electron chi connectivity index (χ3n) is 11.2. The smallest absolute Gasteiger partial charge is 0.262 e. The van der Waals surface area contributed by atoms with E-state index in [-0.39, 0.29) is 39.0 Å². The van der Waals surface area contributed by atoms with Crippen LogP contribution < -0.4 is 15.4 Å². The van der Waals surface area contributed by atoms with Gasteiger partial charge < -0.3 is 9.64 Å². The summed E-state index contributed by atoms with van der Waals surface area (Å²) >= 11 is 19.7. The van der Waals surface area contributed by atoms with Gasteiger partial charge in [-0.1, -0.05) is 59.1 Å². The number of sulfone groups is 1. The van der Waals surface area contributed by atoms with Crippen LogP contribution >= 0.6 is 34.8 Å². The molecule has 6 rings (SSSR count). The first-order valence-corrected chi connectivity index (χ1v) is 23.2. The van der Waals surface area contributed by atoms with Gasteiger partial charge in [0.25, 0.3) is 5.91 Å². The number of benzene rings is 3. The van der Waals surface area contributed by atoms with Gasteiger partial charge in [0.15, 0.2) is 5.66 Å². The molecule has 3 aromatic rings. The molecule has 3 aliphatic heterocycles. The third-order valence-corrected chi connectivity index (χ3v) is 15.1. The van der Waals surface area contributed by atoms with Gasteiger partial charge in [-0.2, -0.15) is 4.31 Å². The van der Waals surface area contributed by atoms with E-state index >= 15 is 4.79 Å². The summed E-state index contributed by atoms with van der Waals surface area (Å²) in [6, 6.07) is 17.9. The van der Waals surface area contributed by atoms with Crippen molar-refractivity contribution in [2.45, 2.75) is 74.7 Å². The van der Waals surface area contributed by atoms with E-state index in [4.69, 9.17) is 39.5 Å². The van der Waals surface area contributed by atoms with E-state index in [2.05, 4.69) is 15.5 Å². The minimum atomic E-state index is -4.06. The molecule has 3 fully saturated rings. The van der Waals surface area contributed by atoms with Crippen LogP contribution in [0.2, 0.25) is 15.1 Å². The molecule has 0 aliphatic carbocycles. The van der Waals surface area contributed by atoms with Crippen molar-refractivity contribution in [3.05, 3.63) is 92.4 Å². The van der Waals surface area contributed by atoms with Crippen LogP contribution in [0.5, 0.6) is 5.75 Å². The first-order chi connectivity index (χ1) is 25.8. The molecule has 0 saturated carbocycles. The Bertz CT molecular complexity index is 2050. The molecule has 0 radical (unpaired) electrons. The lowest BCUT2D eigenvalue weighted by molar-refractivity contribution is -0.142. The van der Waals surface area contributed by atoms with E-state index in [1.54, 1.807) is 29.2 Å². The minimum Gasteiger partial charge on any atom is -0.491 e. The quantitative estimate of drug-likeness (QED) is 0.227. The number of piperazine rings is 1. The maximum atomic E-state index is 15.7. The van der Waals surface area contributed by atoms with Crippen molar-refractivity contribution >= 4 is 60.6 Å². The maximum Gasteiger partial charge on any atom is 0.262 e. The molecule has 1 unspecified atom stereocenters. The summed E-state index contributed by atoms with van der Waals surface area (Å²) in [7, 11) is -7.15. The Morgan fingerprint density at radius 2 is 1.31 bits per heavy atom. The van der Waals surface area contributed by atoms with E-state index < -0.39 is 36.6 Å². The average molecular weight is 855 g/mol. The summed E-state index contributed by atoms with van der Waals surface area (Å²) < 4.78 is 60.0. The molecule has 3 aliphatic rings. The van der Waals surface area contributed by atoms with Crippen LogP contribution in [0.1, 0.15) is 63.6 Å². The van der Waals surface area contributed by atoms with Crippen LogP contribution in [0.15, 0.2) is 65.6 Å². The SMILES string of the molecule is CC(C)Oc1cc(Cl)c(S(=O)(=O)N2CCCC2)cc1C1(C(=O)N2CCN(CCCS(C)(=O)=O)CC2)N[C@@](C)(c2ccc(Cl)cc2)[C@@](C)(c2ccc(Cl)cc2)N1. The normalized spacial score (nSPS) is 25.5. The molecular weight excluding hydrogens is 805 g/mol.